The zero-order chi connectivity index (χ0) is 11.5. The van der Waals surface area contributed by atoms with Gasteiger partial charge in [-0.05, 0) is 24.7 Å². The molecule has 5 heteroatoms. The first-order valence-corrected chi connectivity index (χ1v) is 6.10. The Morgan fingerprint density at radius 2 is 1.81 bits per heavy atom. The Morgan fingerprint density at radius 1 is 1.12 bits per heavy atom. The highest BCUT2D eigenvalue weighted by Crippen LogP contribution is 2.35. The van der Waals surface area contributed by atoms with Crippen molar-refractivity contribution >= 4 is 11.9 Å². The number of guanidine groups is 2. The first-order valence-electron chi connectivity index (χ1n) is 6.10. The average Bonchev–Trinajstić information content (AvgIpc) is 2.27. The molecule has 5 N–H and O–H groups in total. The minimum atomic E-state index is -0.0178. The molecule has 2 atom stereocenters. The summed E-state index contributed by atoms with van der Waals surface area (Å²) in [4.78, 5) is 5.83. The summed E-state index contributed by atoms with van der Waals surface area (Å²) >= 11 is 0. The third-order valence-corrected chi connectivity index (χ3v) is 3.83. The molecule has 2 rings (SSSR count). The van der Waals surface area contributed by atoms with Gasteiger partial charge in [-0.25, -0.2) is 0 Å². The highest BCUT2D eigenvalue weighted by Gasteiger charge is 2.31. The molecule has 90 valence electrons. The van der Waals surface area contributed by atoms with Crippen molar-refractivity contribution in [2.45, 2.75) is 32.1 Å². The van der Waals surface area contributed by atoms with Crippen LogP contribution in [0.4, 0.5) is 0 Å². The van der Waals surface area contributed by atoms with Crippen LogP contribution in [0.25, 0.3) is 0 Å². The molecular formula is C11H21N5. The van der Waals surface area contributed by atoms with E-state index in [0.29, 0.717) is 0 Å². The van der Waals surface area contributed by atoms with Gasteiger partial charge in [0.05, 0.1) is 0 Å². The van der Waals surface area contributed by atoms with Gasteiger partial charge in [-0.1, -0.05) is 19.3 Å². The number of nitrogens with two attached hydrogens (primary N) is 2. The molecule has 1 saturated carbocycles. The highest BCUT2D eigenvalue weighted by molar-refractivity contribution is 5.91. The van der Waals surface area contributed by atoms with Crippen LogP contribution in [0.2, 0.25) is 0 Å². The molecule has 1 saturated heterocycles. The Balaban J connectivity index is 1.94. The summed E-state index contributed by atoms with van der Waals surface area (Å²) < 4.78 is 0. The predicted molar refractivity (Wildman–Crippen MR) is 65.2 cm³/mol. The second kappa shape index (κ2) is 4.72. The molecule has 2 aliphatic rings. The van der Waals surface area contributed by atoms with Crippen molar-refractivity contribution in [1.82, 2.24) is 4.90 Å². The van der Waals surface area contributed by atoms with E-state index >= 15 is 0 Å². The summed E-state index contributed by atoms with van der Waals surface area (Å²) in [6.45, 7) is 1.89. The van der Waals surface area contributed by atoms with Gasteiger partial charge >= 0.3 is 0 Å². The molecular weight excluding hydrogens is 202 g/mol. The third-order valence-electron chi connectivity index (χ3n) is 3.83. The molecule has 5 nitrogen and oxygen atoms in total. The lowest BCUT2D eigenvalue weighted by Gasteiger charge is -2.41. The third kappa shape index (κ3) is 2.46. The Morgan fingerprint density at radius 3 is 2.50 bits per heavy atom. The van der Waals surface area contributed by atoms with E-state index in [1.807, 2.05) is 4.90 Å². The van der Waals surface area contributed by atoms with Gasteiger partial charge in [-0.3, -0.25) is 5.41 Å². The van der Waals surface area contributed by atoms with Crippen LogP contribution < -0.4 is 11.5 Å². The van der Waals surface area contributed by atoms with Crippen molar-refractivity contribution in [2.75, 3.05) is 13.1 Å². The van der Waals surface area contributed by atoms with Gasteiger partial charge in [-0.2, -0.15) is 4.99 Å². The van der Waals surface area contributed by atoms with Gasteiger partial charge in [0.25, 0.3) is 0 Å². The van der Waals surface area contributed by atoms with Crippen molar-refractivity contribution in [3.8, 4) is 0 Å². The Labute approximate surface area is 96.4 Å². The second-order valence-corrected chi connectivity index (χ2v) is 4.90. The number of rotatable bonds is 0. The molecule has 0 amide bonds. The van der Waals surface area contributed by atoms with E-state index in [-0.39, 0.29) is 11.9 Å². The summed E-state index contributed by atoms with van der Waals surface area (Å²) in [6, 6.07) is 0. The van der Waals surface area contributed by atoms with Crippen molar-refractivity contribution in [3.05, 3.63) is 0 Å². The fraction of sp³-hybridized carbons (Fsp3) is 0.818. The topological polar surface area (TPSA) is 91.5 Å². The number of hydrogen-bond acceptors (Lipinski definition) is 1. The van der Waals surface area contributed by atoms with Gasteiger partial charge in [0.1, 0.15) is 0 Å². The number of piperidine rings is 1. The fourth-order valence-electron chi connectivity index (χ4n) is 2.99. The summed E-state index contributed by atoms with van der Waals surface area (Å²) in [6.07, 6.45) is 6.58. The van der Waals surface area contributed by atoms with Crippen LogP contribution in [-0.2, 0) is 0 Å². The lowest BCUT2D eigenvalue weighted by molar-refractivity contribution is 0.129. The molecule has 1 heterocycles. The number of hydrogen-bond donors (Lipinski definition) is 3. The highest BCUT2D eigenvalue weighted by atomic mass is 15.3. The smallest absolute Gasteiger partial charge is 0.221 e. The minimum Gasteiger partial charge on any atom is -0.370 e. The molecule has 0 aromatic carbocycles. The molecule has 0 aromatic heterocycles. The quantitative estimate of drug-likeness (QED) is 0.417. The predicted octanol–water partition coefficient (Wildman–Crippen LogP) is 0.707. The Kier molecular flexibility index (Phi) is 3.31. The monoisotopic (exact) mass is 223 g/mol. The zero-order valence-corrected chi connectivity index (χ0v) is 9.65. The maximum absolute atomic E-state index is 7.80. The molecule has 1 aliphatic carbocycles. The second-order valence-electron chi connectivity index (χ2n) is 4.90. The molecule has 0 spiro atoms. The van der Waals surface area contributed by atoms with Crippen LogP contribution >= 0.6 is 0 Å². The lowest BCUT2D eigenvalue weighted by Crippen LogP contribution is -2.44. The van der Waals surface area contributed by atoms with Crippen LogP contribution in [0.1, 0.15) is 32.1 Å². The molecule has 1 aliphatic heterocycles. The summed E-state index contributed by atoms with van der Waals surface area (Å²) in [5.74, 6) is 1.83. The SMILES string of the molecule is N=C(N=C(N)N)N1CCC2CCCCC2C1. The standard InChI is InChI=1S/C11H21N5/c12-10(13)15-11(14)16-6-5-8-3-1-2-4-9(8)7-16/h8-9H,1-7H2,(H5,12,13,14,15). The minimum absolute atomic E-state index is 0.0178. The Bertz CT molecular complexity index is 295. The number of aliphatic imine (C=N–C) groups is 1. The summed E-state index contributed by atoms with van der Waals surface area (Å²) in [5, 5.41) is 7.80. The number of nitrogens with zero attached hydrogens (tertiary/aromatic N) is 2. The number of likely N-dealkylation sites (tertiary alicyclic amines) is 1. The van der Waals surface area contributed by atoms with Crippen molar-refractivity contribution in [3.63, 3.8) is 0 Å². The van der Waals surface area contributed by atoms with E-state index in [2.05, 4.69) is 4.99 Å². The van der Waals surface area contributed by atoms with Gasteiger partial charge in [-0.15, -0.1) is 0 Å². The first-order chi connectivity index (χ1) is 7.66. The van der Waals surface area contributed by atoms with Gasteiger partial charge in [0.15, 0.2) is 5.96 Å². The fourth-order valence-corrected chi connectivity index (χ4v) is 2.99. The maximum atomic E-state index is 7.80. The number of fused-ring (bicyclic) bond motifs is 1. The molecule has 2 unspecified atom stereocenters. The molecule has 0 bridgehead atoms. The Hall–Kier alpha value is -1.26. The van der Waals surface area contributed by atoms with Crippen LogP contribution in [0.3, 0.4) is 0 Å². The van der Waals surface area contributed by atoms with Crippen LogP contribution in [0.5, 0.6) is 0 Å². The van der Waals surface area contributed by atoms with E-state index in [1.54, 1.807) is 0 Å². The van der Waals surface area contributed by atoms with E-state index in [9.17, 15) is 0 Å². The zero-order valence-electron chi connectivity index (χ0n) is 9.65. The average molecular weight is 223 g/mol. The maximum Gasteiger partial charge on any atom is 0.221 e. The molecule has 2 fully saturated rings. The largest absolute Gasteiger partial charge is 0.370 e. The normalized spacial score (nSPS) is 29.4. The lowest BCUT2D eigenvalue weighted by atomic mass is 9.75. The van der Waals surface area contributed by atoms with E-state index < -0.39 is 0 Å². The van der Waals surface area contributed by atoms with E-state index in [4.69, 9.17) is 16.9 Å². The van der Waals surface area contributed by atoms with Crippen molar-refractivity contribution in [2.24, 2.45) is 28.3 Å². The summed E-state index contributed by atoms with van der Waals surface area (Å²) in [7, 11) is 0. The summed E-state index contributed by atoms with van der Waals surface area (Å²) in [5.41, 5.74) is 10.6. The van der Waals surface area contributed by atoms with Gasteiger partial charge in [0.2, 0.25) is 5.96 Å². The van der Waals surface area contributed by atoms with E-state index in [1.165, 1.54) is 32.1 Å². The van der Waals surface area contributed by atoms with E-state index in [0.717, 1.165) is 24.9 Å². The molecule has 16 heavy (non-hydrogen) atoms. The van der Waals surface area contributed by atoms with Crippen LogP contribution in [0, 0.1) is 17.2 Å². The molecule has 0 aromatic rings. The van der Waals surface area contributed by atoms with Gasteiger partial charge < -0.3 is 16.4 Å². The van der Waals surface area contributed by atoms with Crippen LogP contribution in [0.15, 0.2) is 4.99 Å². The van der Waals surface area contributed by atoms with Crippen molar-refractivity contribution < 1.29 is 0 Å². The first kappa shape index (κ1) is 11.2. The number of nitrogens with one attached hydrogen (secondary N) is 1. The van der Waals surface area contributed by atoms with Crippen molar-refractivity contribution in [1.29, 1.82) is 5.41 Å². The molecule has 0 radical (unpaired) electrons. The van der Waals surface area contributed by atoms with Crippen LogP contribution in [-0.4, -0.2) is 29.9 Å². The van der Waals surface area contributed by atoms with Gasteiger partial charge in [0, 0.05) is 13.1 Å².